The summed E-state index contributed by atoms with van der Waals surface area (Å²) in [5.74, 6) is -0.411. The Morgan fingerprint density at radius 3 is 2.48 bits per heavy atom. The number of rotatable bonds is 6. The number of imide groups is 1. The number of aryl methyl sites for hydroxylation is 1. The number of benzene rings is 4. The molecule has 0 radical (unpaired) electrons. The van der Waals surface area contributed by atoms with Crippen LogP contribution in [0.5, 0.6) is 0 Å². The largest absolute Gasteiger partial charge is 0.332 e. The summed E-state index contributed by atoms with van der Waals surface area (Å²) in [5, 5.41) is 7.21. The van der Waals surface area contributed by atoms with Gasteiger partial charge >= 0.3 is 0 Å². The van der Waals surface area contributed by atoms with Gasteiger partial charge in [-0.05, 0) is 91.4 Å². The topological polar surface area (TPSA) is 74.3 Å². The van der Waals surface area contributed by atoms with Crippen LogP contribution in [0.2, 0.25) is 0 Å². The Balaban J connectivity index is 1.12. The summed E-state index contributed by atoms with van der Waals surface area (Å²) >= 11 is 8.45. The summed E-state index contributed by atoms with van der Waals surface area (Å²) in [6, 6.07) is 31.0. The summed E-state index contributed by atoms with van der Waals surface area (Å²) in [5.41, 5.74) is 5.38. The molecule has 2 amide bonds. The van der Waals surface area contributed by atoms with Crippen LogP contribution < -0.4 is 15.5 Å². The third-order valence-electron chi connectivity index (χ3n) is 6.42. The Bertz CT molecular complexity index is 1740. The number of fused-ring (bicyclic) bond motifs is 1. The normalized spacial score (nSPS) is 15.0. The number of anilines is 3. The number of thiazole rings is 1. The lowest BCUT2D eigenvalue weighted by atomic mass is 10.2. The molecule has 0 saturated carbocycles. The summed E-state index contributed by atoms with van der Waals surface area (Å²) in [6.07, 6.45) is 0.147. The van der Waals surface area contributed by atoms with Crippen molar-refractivity contribution in [3.8, 4) is 10.6 Å². The fourth-order valence-corrected chi connectivity index (χ4v) is 6.92. The van der Waals surface area contributed by atoms with Crippen LogP contribution in [-0.2, 0) is 9.59 Å². The van der Waals surface area contributed by atoms with Crippen molar-refractivity contribution >= 4 is 79.5 Å². The molecule has 6 nitrogen and oxygen atoms in total. The standard InChI is InChI=1S/C31H24N4O2S3/c1-19-10-15-25-26(16-19)40-29(34-25)20-11-13-23(14-12-20)35-28(36)18-27(30(35)37)39-24-9-5-8-22(17-24)33-31(38)32-21-6-3-2-4-7-21/h2-17,27H,18H2,1H3,(H2,32,33,38)/t27-/m0/s1. The van der Waals surface area contributed by atoms with Gasteiger partial charge in [-0.15, -0.1) is 23.1 Å². The molecular formula is C31H24N4O2S3. The number of thioether (sulfide) groups is 1. The lowest BCUT2D eigenvalue weighted by Gasteiger charge is -2.15. The Morgan fingerprint density at radius 1 is 0.925 bits per heavy atom. The highest BCUT2D eigenvalue weighted by molar-refractivity contribution is 8.00. The molecule has 1 fully saturated rings. The predicted molar refractivity (Wildman–Crippen MR) is 169 cm³/mol. The van der Waals surface area contributed by atoms with Crippen LogP contribution in [-0.4, -0.2) is 27.2 Å². The van der Waals surface area contributed by atoms with Crippen molar-refractivity contribution in [2.75, 3.05) is 15.5 Å². The zero-order chi connectivity index (χ0) is 27.6. The molecule has 6 rings (SSSR count). The highest BCUT2D eigenvalue weighted by atomic mass is 32.2. The average molecular weight is 581 g/mol. The molecule has 0 spiro atoms. The van der Waals surface area contributed by atoms with Crippen LogP contribution in [0.3, 0.4) is 0 Å². The number of amides is 2. The lowest BCUT2D eigenvalue weighted by molar-refractivity contribution is -0.121. The zero-order valence-electron chi connectivity index (χ0n) is 21.5. The van der Waals surface area contributed by atoms with Crippen molar-refractivity contribution in [1.29, 1.82) is 0 Å². The number of aromatic nitrogens is 1. The van der Waals surface area contributed by atoms with Gasteiger partial charge in [0, 0.05) is 28.3 Å². The molecule has 40 heavy (non-hydrogen) atoms. The molecule has 2 N–H and O–H groups in total. The SMILES string of the molecule is Cc1ccc2nc(-c3ccc(N4C(=O)C[C@H](Sc5cccc(NC(=S)Nc6ccccc6)c5)C4=O)cc3)sc2c1. The van der Waals surface area contributed by atoms with E-state index in [2.05, 4.69) is 29.7 Å². The van der Waals surface area contributed by atoms with Gasteiger partial charge in [0.25, 0.3) is 0 Å². The van der Waals surface area contributed by atoms with Crippen molar-refractivity contribution in [1.82, 2.24) is 4.98 Å². The molecule has 198 valence electrons. The first kappa shape index (κ1) is 26.2. The highest BCUT2D eigenvalue weighted by Crippen LogP contribution is 2.36. The van der Waals surface area contributed by atoms with Crippen LogP contribution in [0.15, 0.2) is 102 Å². The van der Waals surface area contributed by atoms with Crippen molar-refractivity contribution in [2.45, 2.75) is 23.5 Å². The van der Waals surface area contributed by atoms with Gasteiger partial charge in [0.15, 0.2) is 5.11 Å². The summed E-state index contributed by atoms with van der Waals surface area (Å²) in [7, 11) is 0. The quantitative estimate of drug-likeness (QED) is 0.159. The molecule has 4 aromatic carbocycles. The van der Waals surface area contributed by atoms with Gasteiger partial charge in [-0.3, -0.25) is 9.59 Å². The van der Waals surface area contributed by atoms with E-state index in [1.54, 1.807) is 11.3 Å². The highest BCUT2D eigenvalue weighted by Gasteiger charge is 2.40. The molecule has 1 saturated heterocycles. The molecule has 2 heterocycles. The number of carbonyl (C=O) groups is 2. The predicted octanol–water partition coefficient (Wildman–Crippen LogP) is 7.50. The summed E-state index contributed by atoms with van der Waals surface area (Å²) in [4.78, 5) is 33.1. The fourth-order valence-electron chi connectivity index (χ4n) is 4.50. The Morgan fingerprint density at radius 2 is 1.68 bits per heavy atom. The van der Waals surface area contributed by atoms with Gasteiger partial charge in [0.2, 0.25) is 11.8 Å². The number of carbonyl (C=O) groups excluding carboxylic acids is 2. The molecule has 0 bridgehead atoms. The van der Waals surface area contributed by atoms with E-state index in [-0.39, 0.29) is 18.2 Å². The fraction of sp³-hybridized carbons (Fsp3) is 0.0968. The summed E-state index contributed by atoms with van der Waals surface area (Å²) < 4.78 is 1.14. The number of nitrogens with one attached hydrogen (secondary N) is 2. The minimum atomic E-state index is -0.496. The van der Waals surface area contributed by atoms with Crippen LogP contribution in [0.4, 0.5) is 17.1 Å². The van der Waals surface area contributed by atoms with Crippen molar-refractivity contribution in [2.24, 2.45) is 0 Å². The smallest absolute Gasteiger partial charge is 0.247 e. The molecule has 1 atom stereocenters. The van der Waals surface area contributed by atoms with E-state index in [4.69, 9.17) is 17.2 Å². The van der Waals surface area contributed by atoms with E-state index in [1.807, 2.05) is 84.9 Å². The number of hydrogen-bond donors (Lipinski definition) is 2. The van der Waals surface area contributed by atoms with Crippen molar-refractivity contribution in [3.63, 3.8) is 0 Å². The molecule has 0 aliphatic carbocycles. The maximum absolute atomic E-state index is 13.3. The van der Waals surface area contributed by atoms with Crippen molar-refractivity contribution < 1.29 is 9.59 Å². The van der Waals surface area contributed by atoms with E-state index in [0.29, 0.717) is 10.8 Å². The van der Waals surface area contributed by atoms with Crippen LogP contribution in [0.1, 0.15) is 12.0 Å². The third-order valence-corrected chi connectivity index (χ3v) is 8.87. The van der Waals surface area contributed by atoms with Gasteiger partial charge in [0.05, 0.1) is 21.2 Å². The number of hydrogen-bond acceptors (Lipinski definition) is 6. The van der Waals surface area contributed by atoms with Gasteiger partial charge in [0.1, 0.15) is 5.01 Å². The van der Waals surface area contributed by atoms with Crippen LogP contribution in [0, 0.1) is 6.92 Å². The van der Waals surface area contributed by atoms with Crippen LogP contribution >= 0.6 is 35.3 Å². The number of para-hydroxylation sites is 1. The second-order valence-corrected chi connectivity index (χ2v) is 12.1. The zero-order valence-corrected chi connectivity index (χ0v) is 23.9. The maximum atomic E-state index is 13.3. The van der Waals surface area contributed by atoms with Gasteiger partial charge in [-0.1, -0.05) is 30.3 Å². The Hall–Kier alpha value is -4.05. The van der Waals surface area contributed by atoms with E-state index in [0.717, 1.165) is 37.1 Å². The molecule has 1 aliphatic rings. The summed E-state index contributed by atoms with van der Waals surface area (Å²) in [6.45, 7) is 2.07. The molecule has 9 heteroatoms. The number of nitrogens with zero attached hydrogens (tertiary/aromatic N) is 2. The number of thiocarbonyl (C=S) groups is 1. The first-order valence-electron chi connectivity index (χ1n) is 12.7. The third kappa shape index (κ3) is 5.62. The second-order valence-electron chi connectivity index (χ2n) is 9.39. The Kier molecular flexibility index (Phi) is 7.34. The van der Waals surface area contributed by atoms with Gasteiger partial charge in [-0.25, -0.2) is 9.88 Å². The molecule has 5 aromatic rings. The molecule has 0 unspecified atom stereocenters. The maximum Gasteiger partial charge on any atom is 0.247 e. The van der Waals surface area contributed by atoms with Crippen LogP contribution in [0.25, 0.3) is 20.8 Å². The molecule has 1 aromatic heterocycles. The second kappa shape index (κ2) is 11.2. The van der Waals surface area contributed by atoms with E-state index in [9.17, 15) is 9.59 Å². The monoisotopic (exact) mass is 580 g/mol. The first-order chi connectivity index (χ1) is 19.4. The minimum Gasteiger partial charge on any atom is -0.332 e. The average Bonchev–Trinajstić information content (AvgIpc) is 3.49. The first-order valence-corrected chi connectivity index (χ1v) is 14.8. The Labute approximate surface area is 245 Å². The van der Waals surface area contributed by atoms with E-state index < -0.39 is 5.25 Å². The molecule has 1 aliphatic heterocycles. The lowest BCUT2D eigenvalue weighted by Crippen LogP contribution is -2.31. The van der Waals surface area contributed by atoms with Gasteiger partial charge in [-0.2, -0.15) is 0 Å². The van der Waals surface area contributed by atoms with E-state index in [1.165, 1.54) is 22.2 Å². The van der Waals surface area contributed by atoms with Gasteiger partial charge < -0.3 is 10.6 Å². The minimum absolute atomic E-state index is 0.147. The van der Waals surface area contributed by atoms with E-state index >= 15 is 0 Å². The van der Waals surface area contributed by atoms with Crippen molar-refractivity contribution in [3.05, 3.63) is 103 Å². The molecular weight excluding hydrogens is 557 g/mol.